The predicted octanol–water partition coefficient (Wildman–Crippen LogP) is 4.68. The molecule has 3 aromatic rings. The maximum absolute atomic E-state index is 14.0. The minimum absolute atomic E-state index is 0.0617. The van der Waals surface area contributed by atoms with E-state index in [4.69, 9.17) is 19.6 Å². The molecule has 0 spiro atoms. The number of aliphatic hydroxyl groups is 1. The highest BCUT2D eigenvalue weighted by molar-refractivity contribution is 9.10. The van der Waals surface area contributed by atoms with Crippen LogP contribution in [0.15, 0.2) is 82.3 Å². The fraction of sp³-hybridized carbons (Fsp3) is 0.286. The molecule has 2 heterocycles. The molecule has 35 heavy (non-hydrogen) atoms. The lowest BCUT2D eigenvalue weighted by Crippen LogP contribution is -2.48. The monoisotopic (exact) mass is 534 g/mol. The Morgan fingerprint density at radius 1 is 1.11 bits per heavy atom. The summed E-state index contributed by atoms with van der Waals surface area (Å²) >= 11 is 3.65. The van der Waals surface area contributed by atoms with Crippen molar-refractivity contribution in [1.82, 2.24) is 4.90 Å². The number of amides is 1. The number of benzene rings is 3. The molecule has 0 fully saturated rings. The Morgan fingerprint density at radius 2 is 1.86 bits per heavy atom. The average molecular weight is 535 g/mol. The van der Waals surface area contributed by atoms with Gasteiger partial charge in [0.15, 0.2) is 11.6 Å². The maximum atomic E-state index is 14.0. The van der Waals surface area contributed by atoms with E-state index >= 15 is 0 Å². The molecular formula is C28H27BrN2O4. The second kappa shape index (κ2) is 9.84. The number of nitrogens with zero attached hydrogens (tertiary/aromatic N) is 2. The van der Waals surface area contributed by atoms with Gasteiger partial charge in [-0.1, -0.05) is 58.4 Å². The van der Waals surface area contributed by atoms with Crippen LogP contribution in [0.25, 0.3) is 0 Å². The van der Waals surface area contributed by atoms with Gasteiger partial charge in [0.25, 0.3) is 5.91 Å². The van der Waals surface area contributed by atoms with Crippen molar-refractivity contribution in [1.29, 1.82) is 0 Å². The summed E-state index contributed by atoms with van der Waals surface area (Å²) in [6, 6.07) is 23.5. The van der Waals surface area contributed by atoms with Crippen LogP contribution in [0.5, 0.6) is 5.75 Å². The van der Waals surface area contributed by atoms with Crippen molar-refractivity contribution in [3.8, 4) is 5.75 Å². The SMILES string of the molecule is CN1Cc2ccccc2[C@@H]2OC(c3ccc(OCCCO)cc3)=N[C@]2(Cc2ccccc2Br)C1=O. The Labute approximate surface area is 213 Å². The number of hydrogen-bond donors (Lipinski definition) is 1. The van der Waals surface area contributed by atoms with Crippen molar-refractivity contribution < 1.29 is 19.4 Å². The number of aliphatic hydroxyl groups excluding tert-OH is 1. The number of halogens is 1. The molecule has 6 nitrogen and oxygen atoms in total. The van der Waals surface area contributed by atoms with Gasteiger partial charge in [-0.05, 0) is 41.5 Å². The number of carbonyl (C=O) groups is 1. The lowest BCUT2D eigenvalue weighted by Gasteiger charge is -2.31. The molecule has 0 bridgehead atoms. The van der Waals surface area contributed by atoms with E-state index in [1.54, 1.807) is 4.90 Å². The minimum Gasteiger partial charge on any atom is -0.494 e. The summed E-state index contributed by atoms with van der Waals surface area (Å²) in [5.41, 5.74) is 2.70. The highest BCUT2D eigenvalue weighted by atomic mass is 79.9. The summed E-state index contributed by atoms with van der Waals surface area (Å²) in [5, 5.41) is 8.96. The van der Waals surface area contributed by atoms with Crippen LogP contribution in [-0.4, -0.2) is 47.6 Å². The second-order valence-corrected chi connectivity index (χ2v) is 9.77. The normalized spacial score (nSPS) is 21.0. The van der Waals surface area contributed by atoms with Gasteiger partial charge in [0.05, 0.1) is 6.61 Å². The lowest BCUT2D eigenvalue weighted by molar-refractivity contribution is -0.138. The smallest absolute Gasteiger partial charge is 0.255 e. The van der Waals surface area contributed by atoms with Gasteiger partial charge in [0, 0.05) is 48.6 Å². The van der Waals surface area contributed by atoms with Crippen LogP contribution < -0.4 is 4.74 Å². The van der Waals surface area contributed by atoms with Gasteiger partial charge in [-0.3, -0.25) is 4.79 Å². The molecule has 2 aliphatic heterocycles. The van der Waals surface area contributed by atoms with E-state index in [0.29, 0.717) is 37.6 Å². The average Bonchev–Trinajstić information content (AvgIpc) is 3.22. The van der Waals surface area contributed by atoms with E-state index in [0.717, 1.165) is 26.7 Å². The molecule has 1 N–H and O–H groups in total. The van der Waals surface area contributed by atoms with Crippen molar-refractivity contribution in [2.45, 2.75) is 31.0 Å². The first-order valence-corrected chi connectivity index (χ1v) is 12.5. The zero-order valence-corrected chi connectivity index (χ0v) is 21.1. The van der Waals surface area contributed by atoms with E-state index in [-0.39, 0.29) is 12.5 Å². The molecule has 5 rings (SSSR count). The maximum Gasteiger partial charge on any atom is 0.255 e. The summed E-state index contributed by atoms with van der Waals surface area (Å²) in [7, 11) is 1.83. The first-order valence-electron chi connectivity index (χ1n) is 11.7. The molecule has 0 aliphatic carbocycles. The fourth-order valence-electron chi connectivity index (χ4n) is 4.77. The lowest BCUT2D eigenvalue weighted by atomic mass is 9.82. The number of fused-ring (bicyclic) bond motifs is 3. The van der Waals surface area contributed by atoms with E-state index in [1.165, 1.54) is 0 Å². The summed E-state index contributed by atoms with van der Waals surface area (Å²) in [6.07, 6.45) is 0.438. The molecule has 7 heteroatoms. The molecule has 2 aliphatic rings. The standard InChI is InChI=1S/C28H27BrN2O4/c1-31-18-21-8-2-4-9-23(21)25-28(27(31)33,17-20-7-3-5-10-24(20)29)30-26(35-25)19-11-13-22(14-12-19)34-16-6-15-32/h2-5,7-14,25,32H,6,15-18H2,1H3/t25-,28-/m0/s1. The molecule has 0 unspecified atom stereocenters. The van der Waals surface area contributed by atoms with Crippen molar-refractivity contribution in [2.24, 2.45) is 4.99 Å². The molecular weight excluding hydrogens is 508 g/mol. The first-order chi connectivity index (χ1) is 17.0. The van der Waals surface area contributed by atoms with Crippen molar-refractivity contribution in [3.05, 3.63) is 99.5 Å². The summed E-state index contributed by atoms with van der Waals surface area (Å²) in [5.74, 6) is 1.09. The quantitative estimate of drug-likeness (QED) is 0.446. The van der Waals surface area contributed by atoms with E-state index in [1.807, 2.05) is 79.8 Å². The number of carbonyl (C=O) groups excluding carboxylic acids is 1. The van der Waals surface area contributed by atoms with Gasteiger partial charge in [0.1, 0.15) is 5.75 Å². The summed E-state index contributed by atoms with van der Waals surface area (Å²) in [4.78, 5) is 20.8. The first kappa shape index (κ1) is 23.6. The Morgan fingerprint density at radius 3 is 2.63 bits per heavy atom. The number of aliphatic imine (C=N–C) groups is 1. The molecule has 2 atom stereocenters. The van der Waals surface area contributed by atoms with Crippen LogP contribution >= 0.6 is 15.9 Å². The van der Waals surface area contributed by atoms with Gasteiger partial charge in [-0.25, -0.2) is 4.99 Å². The highest BCUT2D eigenvalue weighted by Gasteiger charge is 2.56. The zero-order valence-electron chi connectivity index (χ0n) is 19.5. The van der Waals surface area contributed by atoms with E-state index in [9.17, 15) is 4.79 Å². The summed E-state index contributed by atoms with van der Waals surface area (Å²) in [6.45, 7) is 1.05. The molecule has 180 valence electrons. The van der Waals surface area contributed by atoms with Crippen LogP contribution in [0.1, 0.15) is 34.8 Å². The van der Waals surface area contributed by atoms with Gasteiger partial charge in [-0.2, -0.15) is 0 Å². The molecule has 0 saturated carbocycles. The fourth-order valence-corrected chi connectivity index (χ4v) is 5.19. The Kier molecular flexibility index (Phi) is 6.62. The Balaban J connectivity index is 1.58. The number of ether oxygens (including phenoxy) is 2. The number of hydrogen-bond acceptors (Lipinski definition) is 5. The van der Waals surface area contributed by atoms with E-state index < -0.39 is 11.6 Å². The van der Waals surface area contributed by atoms with Crippen molar-refractivity contribution in [2.75, 3.05) is 20.3 Å². The van der Waals surface area contributed by atoms with Crippen molar-refractivity contribution in [3.63, 3.8) is 0 Å². The molecule has 0 radical (unpaired) electrons. The largest absolute Gasteiger partial charge is 0.494 e. The summed E-state index contributed by atoms with van der Waals surface area (Å²) < 4.78 is 13.1. The van der Waals surface area contributed by atoms with Gasteiger partial charge in [0.2, 0.25) is 5.90 Å². The van der Waals surface area contributed by atoms with Crippen LogP contribution in [0, 0.1) is 0 Å². The molecule has 0 aromatic heterocycles. The van der Waals surface area contributed by atoms with Crippen molar-refractivity contribution >= 4 is 27.7 Å². The third-order valence-corrected chi connectivity index (χ3v) is 7.29. The van der Waals surface area contributed by atoms with Crippen LogP contribution in [-0.2, 0) is 22.5 Å². The van der Waals surface area contributed by atoms with Gasteiger partial charge >= 0.3 is 0 Å². The Hall–Kier alpha value is -3.16. The molecule has 1 amide bonds. The molecule has 0 saturated heterocycles. The Bertz CT molecular complexity index is 1260. The molecule has 3 aromatic carbocycles. The van der Waals surface area contributed by atoms with Crippen LogP contribution in [0.4, 0.5) is 0 Å². The van der Waals surface area contributed by atoms with Gasteiger partial charge in [-0.15, -0.1) is 0 Å². The number of likely N-dealkylation sites (N-methyl/N-ethyl adjacent to an activating group) is 1. The third-order valence-electron chi connectivity index (χ3n) is 6.52. The third kappa shape index (κ3) is 4.46. The minimum atomic E-state index is -1.13. The second-order valence-electron chi connectivity index (χ2n) is 8.92. The van der Waals surface area contributed by atoms with E-state index in [2.05, 4.69) is 15.9 Å². The number of rotatable bonds is 7. The van der Waals surface area contributed by atoms with Gasteiger partial charge < -0.3 is 19.5 Å². The van der Waals surface area contributed by atoms with Crippen LogP contribution in [0.2, 0.25) is 0 Å². The topological polar surface area (TPSA) is 71.4 Å². The highest BCUT2D eigenvalue weighted by Crippen LogP contribution is 2.46. The van der Waals surface area contributed by atoms with Crippen LogP contribution in [0.3, 0.4) is 0 Å². The predicted molar refractivity (Wildman–Crippen MR) is 137 cm³/mol. The zero-order chi connectivity index (χ0) is 24.4.